The van der Waals surface area contributed by atoms with Gasteiger partial charge in [0.1, 0.15) is 0 Å². The number of hydrogen-bond acceptors (Lipinski definition) is 2. The third-order valence-corrected chi connectivity index (χ3v) is 0. The van der Waals surface area contributed by atoms with E-state index < -0.39 is 0 Å². The largest absolute Gasteiger partial charge is 4.00 e. The van der Waals surface area contributed by atoms with E-state index in [2.05, 4.69) is 0 Å². The Hall–Kier alpha value is 1.85. The van der Waals surface area contributed by atoms with Gasteiger partial charge in [0.25, 0.3) is 0 Å². The smallest absolute Gasteiger partial charge is 2.00 e. The molecule has 0 aliphatic carbocycles. The zero-order valence-corrected chi connectivity index (χ0v) is 6.96. The summed E-state index contributed by atoms with van der Waals surface area (Å²) in [6, 6.07) is 0. The third-order valence-electron chi connectivity index (χ3n) is 0. The van der Waals surface area contributed by atoms with Crippen LogP contribution in [0.4, 0.5) is 0 Å². The molecule has 0 radical (unpaired) electrons. The Balaban J connectivity index is 0. The molecule has 0 fully saturated rings. The first kappa shape index (κ1) is 159. The second-order valence-electron chi connectivity index (χ2n) is 0. The van der Waals surface area contributed by atoms with Crippen LogP contribution in [0.15, 0.2) is 0 Å². The molecule has 0 heterocycles. The summed E-state index contributed by atoms with van der Waals surface area (Å²) < 4.78 is 0. The van der Waals surface area contributed by atoms with Gasteiger partial charge in [0.15, 0.2) is 0 Å². The third kappa shape index (κ3) is 78.4. The van der Waals surface area contributed by atoms with Crippen molar-refractivity contribution in [2.45, 2.75) is 0 Å². The molecule has 7 heteroatoms. The summed E-state index contributed by atoms with van der Waals surface area (Å²) in [5.74, 6) is 0. The molecule has 0 atom stereocenters. The summed E-state index contributed by atoms with van der Waals surface area (Å²) >= 11 is 0. The standard InChI is InChI=1S/2Ag.Cr.2H2O.2O/h;;;2*1H2;;/q2*+1;+4;;;2*-2/p-2. The van der Waals surface area contributed by atoms with Crippen LogP contribution in [-0.2, 0) is 73.1 Å². The van der Waals surface area contributed by atoms with E-state index in [-0.39, 0.29) is 84.0 Å². The summed E-state index contributed by atoms with van der Waals surface area (Å²) in [7, 11) is 0. The molecule has 0 unspecified atom stereocenters. The van der Waals surface area contributed by atoms with Crippen molar-refractivity contribution in [1.29, 1.82) is 0 Å². The molecule has 0 spiro atoms. The van der Waals surface area contributed by atoms with E-state index in [1.165, 1.54) is 0 Å². The second kappa shape index (κ2) is 107. The van der Waals surface area contributed by atoms with Crippen LogP contribution in [-0.4, -0.2) is 11.0 Å². The number of rotatable bonds is 0. The van der Waals surface area contributed by atoms with E-state index in [1.54, 1.807) is 0 Å². The van der Waals surface area contributed by atoms with Crippen LogP contribution in [0.2, 0.25) is 0 Å². The Labute approximate surface area is 83.4 Å². The first-order valence-electron chi connectivity index (χ1n) is 0. The molecule has 54 valence electrons. The van der Waals surface area contributed by atoms with Crippen LogP contribution in [0.25, 0.3) is 0 Å². The van der Waals surface area contributed by atoms with E-state index >= 15 is 0 Å². The molecule has 0 saturated carbocycles. The first-order chi connectivity index (χ1) is 0. The van der Waals surface area contributed by atoms with Crippen molar-refractivity contribution >= 4 is 0 Å². The summed E-state index contributed by atoms with van der Waals surface area (Å²) in [4.78, 5) is 0. The van der Waals surface area contributed by atoms with Gasteiger partial charge in [-0.1, -0.05) is 0 Å². The molecule has 0 aliphatic heterocycles. The minimum absolute atomic E-state index is 0. The first-order valence-corrected chi connectivity index (χ1v) is 0. The van der Waals surface area contributed by atoms with Crippen LogP contribution in [0.1, 0.15) is 0 Å². The van der Waals surface area contributed by atoms with E-state index in [0.717, 1.165) is 0 Å². The molecule has 0 aromatic rings. The molecule has 7 heavy (non-hydrogen) atoms. The summed E-state index contributed by atoms with van der Waals surface area (Å²) in [6.07, 6.45) is 0. The molecule has 0 aromatic carbocycles. The maximum Gasteiger partial charge on any atom is 4.00 e. The van der Waals surface area contributed by atoms with Crippen molar-refractivity contribution in [3.05, 3.63) is 0 Å². The summed E-state index contributed by atoms with van der Waals surface area (Å²) in [5.41, 5.74) is 0. The van der Waals surface area contributed by atoms with Gasteiger partial charge in [0.2, 0.25) is 0 Å². The predicted octanol–water partition coefficient (Wildman–Crippen LogP) is -0.599. The Kier molecular flexibility index (Phi) is 2440. The van der Waals surface area contributed by atoms with E-state index in [4.69, 9.17) is 0 Å². The summed E-state index contributed by atoms with van der Waals surface area (Å²) in [6.45, 7) is 0. The molecule has 0 aliphatic rings. The van der Waals surface area contributed by atoms with Crippen LogP contribution in [0.3, 0.4) is 0 Å². The zero-order chi connectivity index (χ0) is 0. The van der Waals surface area contributed by atoms with Gasteiger partial charge in [-0.2, -0.15) is 0 Å². The maximum absolute atomic E-state index is 0. The van der Waals surface area contributed by atoms with Crippen LogP contribution >= 0.6 is 0 Å². The Morgan fingerprint density at radius 2 is 0.571 bits per heavy atom. The van der Waals surface area contributed by atoms with Gasteiger partial charge in [-0.25, -0.2) is 0 Å². The van der Waals surface area contributed by atoms with Gasteiger partial charge in [-0.3, -0.25) is 0 Å². The average Bonchev–Trinajstić information content (AvgIpc) is 0. The number of hydrogen-bond donors (Lipinski definition) is 0. The quantitative estimate of drug-likeness (QED) is 0.550. The van der Waals surface area contributed by atoms with Gasteiger partial charge in [0.05, 0.1) is 0 Å². The van der Waals surface area contributed by atoms with Gasteiger partial charge in [-0.05, 0) is 0 Å². The van der Waals surface area contributed by atoms with Gasteiger partial charge >= 0.3 is 62.1 Å². The zero-order valence-electron chi connectivity index (χ0n) is 2.72. The van der Waals surface area contributed by atoms with Crippen LogP contribution in [0.5, 0.6) is 0 Å². The topological polar surface area (TPSA) is 117 Å². The van der Waals surface area contributed by atoms with E-state index in [1.807, 2.05) is 0 Å². The Bertz CT molecular complexity index is 9.65. The second-order valence-corrected chi connectivity index (χ2v) is 0. The average molecular weight is 334 g/mol. The van der Waals surface area contributed by atoms with Crippen molar-refractivity contribution in [2.24, 2.45) is 0 Å². The molecular weight excluding hydrogens is 332 g/mol. The molecule has 2 N–H and O–H groups in total. The molecule has 0 aromatic heterocycles. The minimum Gasteiger partial charge on any atom is -2.00 e. The molecular formula is H2Ag2CrO4. The normalized spacial score (nSPS) is 0. The van der Waals surface area contributed by atoms with Crippen molar-refractivity contribution in [1.82, 2.24) is 0 Å². The fourth-order valence-corrected chi connectivity index (χ4v) is 0. The molecule has 4 nitrogen and oxygen atoms in total. The van der Waals surface area contributed by atoms with Crippen molar-refractivity contribution in [3.8, 4) is 0 Å². The van der Waals surface area contributed by atoms with E-state index in [0.29, 0.717) is 0 Å². The van der Waals surface area contributed by atoms with Crippen molar-refractivity contribution in [3.63, 3.8) is 0 Å². The predicted molar refractivity (Wildman–Crippen MR) is 5.24 cm³/mol. The van der Waals surface area contributed by atoms with Crippen molar-refractivity contribution < 1.29 is 84.0 Å². The van der Waals surface area contributed by atoms with Gasteiger partial charge in [-0.15, -0.1) is 0 Å². The fraction of sp³-hybridized carbons (Fsp3) is 0. The Morgan fingerprint density at radius 3 is 0.571 bits per heavy atom. The summed E-state index contributed by atoms with van der Waals surface area (Å²) in [5, 5.41) is 0. The van der Waals surface area contributed by atoms with Crippen LogP contribution in [0, 0.1) is 0 Å². The molecule has 0 rings (SSSR count). The monoisotopic (exact) mass is 332 g/mol. The minimum atomic E-state index is 0. The van der Waals surface area contributed by atoms with Crippen molar-refractivity contribution in [2.75, 3.05) is 0 Å². The van der Waals surface area contributed by atoms with Gasteiger partial charge in [0, 0.05) is 0 Å². The molecule has 0 amide bonds. The van der Waals surface area contributed by atoms with E-state index in [9.17, 15) is 0 Å². The SMILES string of the molecule is [Ag+].[Ag+].[Cr+4].[O-2].[O-2].[OH-].[OH-]. The Morgan fingerprint density at radius 1 is 0.571 bits per heavy atom. The van der Waals surface area contributed by atoms with Crippen LogP contribution < -0.4 is 0 Å². The molecule has 0 saturated heterocycles. The van der Waals surface area contributed by atoms with Gasteiger partial charge < -0.3 is 21.9 Å². The fourth-order valence-electron chi connectivity index (χ4n) is 0. The molecule has 0 bridgehead atoms. The maximum atomic E-state index is 0.